The van der Waals surface area contributed by atoms with Crippen molar-refractivity contribution in [3.63, 3.8) is 0 Å². The van der Waals surface area contributed by atoms with Crippen LogP contribution in [-0.2, 0) is 14.3 Å². The Hall–Kier alpha value is -0.870. The number of ether oxygens (including phenoxy) is 2. The molecule has 4 aliphatic rings. The molecule has 0 bridgehead atoms. The molecule has 1 saturated carbocycles. The molecule has 4 heteroatoms. The van der Waals surface area contributed by atoms with Crippen LogP contribution in [0.1, 0.15) is 40.0 Å². The maximum atomic E-state index is 11.9. The maximum Gasteiger partial charge on any atom is 0.314 e. The normalized spacial score (nSPS) is 58.6. The smallest absolute Gasteiger partial charge is 0.314 e. The number of hydrogen-bond donors (Lipinski definition) is 1. The van der Waals surface area contributed by atoms with Crippen molar-refractivity contribution in [3.05, 3.63) is 11.6 Å². The number of rotatable bonds is 0. The molecular weight excluding hydrogens is 244 g/mol. The number of carbonyl (C=O) groups is 1. The van der Waals surface area contributed by atoms with Gasteiger partial charge in [-0.05, 0) is 25.7 Å². The monoisotopic (exact) mass is 264 g/mol. The van der Waals surface area contributed by atoms with Crippen LogP contribution >= 0.6 is 0 Å². The molecule has 6 atom stereocenters. The summed E-state index contributed by atoms with van der Waals surface area (Å²) in [5, 5.41) is 11.0. The van der Waals surface area contributed by atoms with Crippen LogP contribution in [0.25, 0.3) is 0 Å². The largest absolute Gasteiger partial charge is 0.429 e. The van der Waals surface area contributed by atoms with E-state index in [1.165, 1.54) is 5.57 Å². The van der Waals surface area contributed by atoms with Crippen molar-refractivity contribution < 1.29 is 19.4 Å². The van der Waals surface area contributed by atoms with Gasteiger partial charge in [-0.3, -0.25) is 4.79 Å². The van der Waals surface area contributed by atoms with Gasteiger partial charge >= 0.3 is 5.97 Å². The quantitative estimate of drug-likeness (QED) is 0.411. The molecule has 4 nitrogen and oxygen atoms in total. The molecule has 2 heterocycles. The van der Waals surface area contributed by atoms with E-state index in [0.717, 1.165) is 12.8 Å². The Morgan fingerprint density at radius 2 is 2.16 bits per heavy atom. The fourth-order valence-corrected chi connectivity index (χ4v) is 4.65. The lowest BCUT2D eigenvalue weighted by atomic mass is 9.55. The molecule has 0 aromatic rings. The Labute approximate surface area is 112 Å². The molecule has 0 unspecified atom stereocenters. The van der Waals surface area contributed by atoms with Gasteiger partial charge in [0, 0.05) is 11.8 Å². The van der Waals surface area contributed by atoms with Crippen LogP contribution in [0.15, 0.2) is 11.6 Å². The van der Waals surface area contributed by atoms with Gasteiger partial charge in [-0.1, -0.05) is 25.5 Å². The average Bonchev–Trinajstić information content (AvgIpc) is 2.96. The third-order valence-corrected chi connectivity index (χ3v) is 6.25. The molecule has 2 saturated heterocycles. The van der Waals surface area contributed by atoms with Gasteiger partial charge in [0.05, 0.1) is 12.0 Å². The van der Waals surface area contributed by atoms with Crippen LogP contribution < -0.4 is 0 Å². The van der Waals surface area contributed by atoms with Gasteiger partial charge in [-0.15, -0.1) is 0 Å². The fourth-order valence-electron chi connectivity index (χ4n) is 4.65. The Morgan fingerprint density at radius 3 is 2.89 bits per heavy atom. The molecule has 3 fully saturated rings. The molecule has 0 aromatic heterocycles. The van der Waals surface area contributed by atoms with Crippen molar-refractivity contribution in [1.29, 1.82) is 0 Å². The van der Waals surface area contributed by atoms with E-state index >= 15 is 0 Å². The van der Waals surface area contributed by atoms with Gasteiger partial charge in [-0.2, -0.15) is 0 Å². The molecule has 4 rings (SSSR count). The van der Waals surface area contributed by atoms with Gasteiger partial charge in [0.1, 0.15) is 0 Å². The SMILES string of the molecule is C[C@H]1CCC=C2C[C@@]34OC(=O)[C@H](C)[C@@]3(O4)[C@@H](O)[C@@]21C. The average molecular weight is 264 g/mol. The van der Waals surface area contributed by atoms with Crippen molar-refractivity contribution in [2.75, 3.05) is 0 Å². The zero-order valence-electron chi connectivity index (χ0n) is 11.6. The van der Waals surface area contributed by atoms with E-state index in [4.69, 9.17) is 9.47 Å². The maximum absolute atomic E-state index is 11.9. The summed E-state index contributed by atoms with van der Waals surface area (Å²) in [6.45, 7) is 6.11. The van der Waals surface area contributed by atoms with Crippen molar-refractivity contribution in [2.45, 2.75) is 57.5 Å². The summed E-state index contributed by atoms with van der Waals surface area (Å²) in [7, 11) is 0. The number of aliphatic hydroxyl groups excluding tert-OH is 1. The highest BCUT2D eigenvalue weighted by Gasteiger charge is 2.89. The molecule has 0 aromatic carbocycles. The third kappa shape index (κ3) is 1.02. The third-order valence-electron chi connectivity index (χ3n) is 6.25. The van der Waals surface area contributed by atoms with E-state index in [2.05, 4.69) is 19.9 Å². The Morgan fingerprint density at radius 1 is 1.42 bits per heavy atom. The molecule has 0 radical (unpaired) electrons. The van der Waals surface area contributed by atoms with Gasteiger partial charge in [0.25, 0.3) is 5.79 Å². The fraction of sp³-hybridized carbons (Fsp3) is 0.800. The molecule has 0 amide bonds. The summed E-state index contributed by atoms with van der Waals surface area (Å²) in [5.74, 6) is -1.09. The molecular formula is C15H20O4. The van der Waals surface area contributed by atoms with Crippen LogP contribution in [0.3, 0.4) is 0 Å². The Kier molecular flexibility index (Phi) is 1.92. The second-order valence-corrected chi connectivity index (χ2v) is 6.86. The van der Waals surface area contributed by atoms with Crippen LogP contribution in [0, 0.1) is 17.3 Å². The van der Waals surface area contributed by atoms with Crippen LogP contribution in [0.4, 0.5) is 0 Å². The van der Waals surface area contributed by atoms with Gasteiger partial charge in [0.2, 0.25) is 0 Å². The first-order valence-corrected chi connectivity index (χ1v) is 7.19. The molecule has 0 spiro atoms. The van der Waals surface area contributed by atoms with E-state index in [1.54, 1.807) is 0 Å². The second kappa shape index (κ2) is 3.07. The number of esters is 1. The number of epoxide rings is 1. The number of fused-ring (bicyclic) bond motifs is 1. The lowest BCUT2D eigenvalue weighted by Crippen LogP contribution is -2.57. The van der Waals surface area contributed by atoms with Crippen molar-refractivity contribution in [1.82, 2.24) is 0 Å². The van der Waals surface area contributed by atoms with E-state index in [9.17, 15) is 9.90 Å². The van der Waals surface area contributed by atoms with Crippen LogP contribution in [-0.4, -0.2) is 28.6 Å². The number of allylic oxidation sites excluding steroid dienone is 1. The first kappa shape index (κ1) is 11.9. The topological polar surface area (TPSA) is 59.1 Å². The minimum atomic E-state index is -0.870. The van der Waals surface area contributed by atoms with Crippen molar-refractivity contribution in [3.8, 4) is 0 Å². The lowest BCUT2D eigenvalue weighted by molar-refractivity contribution is -0.160. The summed E-state index contributed by atoms with van der Waals surface area (Å²) < 4.78 is 11.3. The Bertz CT molecular complexity index is 512. The van der Waals surface area contributed by atoms with E-state index in [1.807, 2.05) is 6.92 Å². The minimum absolute atomic E-state index is 0.235. The van der Waals surface area contributed by atoms with Crippen LogP contribution in [0.2, 0.25) is 0 Å². The van der Waals surface area contributed by atoms with Crippen LogP contribution in [0.5, 0.6) is 0 Å². The first-order valence-electron chi connectivity index (χ1n) is 7.19. The summed E-state index contributed by atoms with van der Waals surface area (Å²) >= 11 is 0. The lowest BCUT2D eigenvalue weighted by Gasteiger charge is -2.49. The summed E-state index contributed by atoms with van der Waals surface area (Å²) in [6.07, 6.45) is 4.27. The Balaban J connectivity index is 1.86. The molecule has 2 aliphatic carbocycles. The molecule has 1 N–H and O–H groups in total. The highest BCUT2D eigenvalue weighted by atomic mass is 16.8. The van der Waals surface area contributed by atoms with Gasteiger partial charge in [0.15, 0.2) is 5.60 Å². The zero-order valence-corrected chi connectivity index (χ0v) is 11.6. The summed E-state index contributed by atoms with van der Waals surface area (Å²) in [5.41, 5.74) is 0.108. The molecule has 104 valence electrons. The predicted molar refractivity (Wildman–Crippen MR) is 67.0 cm³/mol. The highest BCUT2D eigenvalue weighted by Crippen LogP contribution is 2.72. The number of hydrogen-bond acceptors (Lipinski definition) is 4. The first-order chi connectivity index (χ1) is 8.88. The highest BCUT2D eigenvalue weighted by molar-refractivity contribution is 5.80. The molecule has 2 aliphatic heterocycles. The predicted octanol–water partition coefficient (Wildman–Crippen LogP) is 1.77. The summed E-state index contributed by atoms with van der Waals surface area (Å²) in [6, 6.07) is 0. The van der Waals surface area contributed by atoms with Gasteiger partial charge in [-0.25, -0.2) is 0 Å². The number of carbonyl (C=O) groups excluding carboxylic acids is 1. The van der Waals surface area contributed by atoms with Gasteiger partial charge < -0.3 is 14.6 Å². The summed E-state index contributed by atoms with van der Waals surface area (Å²) in [4.78, 5) is 11.9. The van der Waals surface area contributed by atoms with Crippen molar-refractivity contribution >= 4 is 5.97 Å². The number of aliphatic hydroxyl groups is 1. The van der Waals surface area contributed by atoms with Crippen molar-refractivity contribution in [2.24, 2.45) is 17.3 Å². The van der Waals surface area contributed by atoms with E-state index < -0.39 is 17.5 Å². The molecule has 19 heavy (non-hydrogen) atoms. The van der Waals surface area contributed by atoms with E-state index in [-0.39, 0.29) is 17.3 Å². The standard InChI is InChI=1S/C15H20O4/c1-8-5-4-6-10-7-14-15(19-14,9(2)11(16)18-14)12(17)13(8,10)3/h6,8-9,12,17H,4-5,7H2,1-3H3/t8-,9-,12-,13+,14-,15+/m0/s1. The van der Waals surface area contributed by atoms with E-state index in [0.29, 0.717) is 12.3 Å². The minimum Gasteiger partial charge on any atom is -0.429 e. The zero-order chi connectivity index (χ0) is 13.6. The second-order valence-electron chi connectivity index (χ2n) is 6.86.